The minimum atomic E-state index is 0.107. The summed E-state index contributed by atoms with van der Waals surface area (Å²) in [5.41, 5.74) is 4.16. The van der Waals surface area contributed by atoms with Crippen molar-refractivity contribution in [1.29, 1.82) is 0 Å². The molecule has 1 unspecified atom stereocenters. The molecule has 0 aromatic carbocycles. The second-order valence-corrected chi connectivity index (χ2v) is 8.36. The van der Waals surface area contributed by atoms with E-state index in [9.17, 15) is 4.79 Å². The van der Waals surface area contributed by atoms with Crippen LogP contribution in [0.25, 0.3) is 0 Å². The van der Waals surface area contributed by atoms with E-state index in [2.05, 4.69) is 10.3 Å². The monoisotopic (exact) mass is 380 g/mol. The molecule has 0 bridgehead atoms. The minimum absolute atomic E-state index is 0.107. The molecular weight excluding hydrogens is 352 g/mol. The first-order valence-corrected chi connectivity index (χ1v) is 10.7. The second-order valence-electron chi connectivity index (χ2n) is 8.36. The van der Waals surface area contributed by atoms with Gasteiger partial charge in [-0.05, 0) is 45.6 Å². The Morgan fingerprint density at radius 1 is 1.25 bits per heavy atom. The number of fused-ring (bicyclic) bond motifs is 2. The highest BCUT2D eigenvalue weighted by Crippen LogP contribution is 2.31. The third-order valence-electron chi connectivity index (χ3n) is 6.46. The van der Waals surface area contributed by atoms with Gasteiger partial charge in [0.05, 0.1) is 11.3 Å². The lowest BCUT2D eigenvalue weighted by Crippen LogP contribution is -2.37. The summed E-state index contributed by atoms with van der Waals surface area (Å²) in [5, 5.41) is 3.44. The number of furan rings is 1. The zero-order valence-corrected chi connectivity index (χ0v) is 16.6. The molecule has 1 fully saturated rings. The number of aromatic nitrogens is 2. The van der Waals surface area contributed by atoms with E-state index in [0.29, 0.717) is 19.0 Å². The molecule has 6 heteroatoms. The number of amides is 1. The highest BCUT2D eigenvalue weighted by Gasteiger charge is 2.31. The van der Waals surface area contributed by atoms with Gasteiger partial charge in [-0.15, -0.1) is 0 Å². The summed E-state index contributed by atoms with van der Waals surface area (Å²) in [5.74, 6) is 3.29. The Kier molecular flexibility index (Phi) is 4.67. The van der Waals surface area contributed by atoms with Crippen LogP contribution in [0.2, 0.25) is 0 Å². The molecule has 6 nitrogen and oxygen atoms in total. The fraction of sp³-hybridized carbons (Fsp3) is 0.591. The lowest BCUT2D eigenvalue weighted by molar-refractivity contribution is 0.0730. The highest BCUT2D eigenvalue weighted by molar-refractivity contribution is 5.97. The number of rotatable bonds is 2. The van der Waals surface area contributed by atoms with Crippen molar-refractivity contribution < 1.29 is 9.21 Å². The summed E-state index contributed by atoms with van der Waals surface area (Å²) in [7, 11) is 0. The molecular formula is C22H28N4O2. The molecule has 5 rings (SSSR count). The predicted octanol–water partition coefficient (Wildman–Crippen LogP) is 2.92. The van der Waals surface area contributed by atoms with Crippen molar-refractivity contribution in [2.75, 3.05) is 19.6 Å². The Morgan fingerprint density at radius 3 is 3.00 bits per heavy atom. The molecule has 1 N–H and O–H groups in total. The van der Waals surface area contributed by atoms with Crippen molar-refractivity contribution in [3.8, 4) is 0 Å². The number of hydrogen-bond acceptors (Lipinski definition) is 5. The van der Waals surface area contributed by atoms with E-state index in [1.807, 2.05) is 18.0 Å². The smallest absolute Gasteiger partial charge is 0.257 e. The van der Waals surface area contributed by atoms with Crippen LogP contribution in [-0.2, 0) is 25.8 Å². The molecule has 1 saturated heterocycles. The molecule has 148 valence electrons. The SMILES string of the molecule is Cc1oc2c(c1C(=O)N1CCc3nc(C4CCCNC4)ncc3C1)CCCC2. The van der Waals surface area contributed by atoms with E-state index < -0.39 is 0 Å². The molecule has 3 aliphatic rings. The molecule has 0 radical (unpaired) electrons. The van der Waals surface area contributed by atoms with E-state index in [4.69, 9.17) is 9.40 Å². The van der Waals surface area contributed by atoms with Crippen LogP contribution in [0, 0.1) is 6.92 Å². The molecule has 1 atom stereocenters. The van der Waals surface area contributed by atoms with Gasteiger partial charge in [-0.25, -0.2) is 9.97 Å². The predicted molar refractivity (Wildman–Crippen MR) is 105 cm³/mol. The number of carbonyl (C=O) groups excluding carboxylic acids is 1. The summed E-state index contributed by atoms with van der Waals surface area (Å²) >= 11 is 0. The Morgan fingerprint density at radius 2 is 2.14 bits per heavy atom. The van der Waals surface area contributed by atoms with Crippen molar-refractivity contribution in [2.45, 2.75) is 64.3 Å². The van der Waals surface area contributed by atoms with E-state index in [-0.39, 0.29) is 5.91 Å². The molecule has 4 heterocycles. The molecule has 1 aliphatic carbocycles. The van der Waals surface area contributed by atoms with E-state index >= 15 is 0 Å². The Bertz CT molecular complexity index is 898. The van der Waals surface area contributed by atoms with Crippen LogP contribution in [0.15, 0.2) is 10.6 Å². The average molecular weight is 380 g/mol. The molecule has 0 saturated carbocycles. The molecule has 2 aliphatic heterocycles. The van der Waals surface area contributed by atoms with Crippen LogP contribution in [0.4, 0.5) is 0 Å². The highest BCUT2D eigenvalue weighted by atomic mass is 16.3. The zero-order chi connectivity index (χ0) is 19.1. The summed E-state index contributed by atoms with van der Waals surface area (Å²) < 4.78 is 5.92. The van der Waals surface area contributed by atoms with Gasteiger partial charge in [0.2, 0.25) is 0 Å². The first-order chi connectivity index (χ1) is 13.7. The number of aryl methyl sites for hydroxylation is 2. The van der Waals surface area contributed by atoms with Gasteiger partial charge >= 0.3 is 0 Å². The van der Waals surface area contributed by atoms with Gasteiger partial charge in [0, 0.05) is 55.7 Å². The number of carbonyl (C=O) groups is 1. The van der Waals surface area contributed by atoms with Gasteiger partial charge in [0.15, 0.2) is 0 Å². The van der Waals surface area contributed by atoms with E-state index in [0.717, 1.165) is 91.3 Å². The standard InChI is InChI=1S/C22H28N4O2/c1-14-20(17-6-2-3-7-19(17)28-14)22(27)26-10-8-18-16(13-26)12-24-21(25-18)15-5-4-9-23-11-15/h12,15,23H,2-11,13H2,1H3. The Hall–Kier alpha value is -2.21. The molecule has 2 aromatic rings. The lowest BCUT2D eigenvalue weighted by Gasteiger charge is -2.29. The Labute approximate surface area is 165 Å². The van der Waals surface area contributed by atoms with Crippen molar-refractivity contribution in [1.82, 2.24) is 20.2 Å². The summed E-state index contributed by atoms with van der Waals surface area (Å²) in [6.45, 7) is 5.29. The first kappa shape index (κ1) is 17.9. The number of nitrogens with one attached hydrogen (secondary N) is 1. The fourth-order valence-electron chi connectivity index (χ4n) is 4.91. The van der Waals surface area contributed by atoms with Crippen molar-refractivity contribution in [2.24, 2.45) is 0 Å². The number of piperidine rings is 1. The molecule has 1 amide bonds. The average Bonchev–Trinajstić information content (AvgIpc) is 3.08. The van der Waals surface area contributed by atoms with Gasteiger partial charge < -0.3 is 14.6 Å². The third-order valence-corrected chi connectivity index (χ3v) is 6.46. The topological polar surface area (TPSA) is 71.3 Å². The van der Waals surface area contributed by atoms with E-state index in [1.165, 1.54) is 6.42 Å². The van der Waals surface area contributed by atoms with Gasteiger partial charge in [-0.3, -0.25) is 4.79 Å². The van der Waals surface area contributed by atoms with Crippen LogP contribution in [0.5, 0.6) is 0 Å². The number of nitrogens with zero attached hydrogens (tertiary/aromatic N) is 3. The largest absolute Gasteiger partial charge is 0.465 e. The molecule has 2 aromatic heterocycles. The summed E-state index contributed by atoms with van der Waals surface area (Å²) in [4.78, 5) is 24.8. The van der Waals surface area contributed by atoms with Crippen LogP contribution in [0.3, 0.4) is 0 Å². The van der Waals surface area contributed by atoms with Gasteiger partial charge in [-0.1, -0.05) is 0 Å². The summed E-state index contributed by atoms with van der Waals surface area (Å²) in [6, 6.07) is 0. The van der Waals surface area contributed by atoms with Crippen molar-refractivity contribution in [3.05, 3.63) is 45.9 Å². The zero-order valence-electron chi connectivity index (χ0n) is 16.6. The quantitative estimate of drug-likeness (QED) is 0.867. The van der Waals surface area contributed by atoms with Crippen LogP contribution >= 0.6 is 0 Å². The molecule has 28 heavy (non-hydrogen) atoms. The molecule has 0 spiro atoms. The second kappa shape index (κ2) is 7.32. The normalized spacial score (nSPS) is 21.9. The first-order valence-electron chi connectivity index (χ1n) is 10.7. The summed E-state index contributed by atoms with van der Waals surface area (Å²) in [6.07, 6.45) is 9.30. The van der Waals surface area contributed by atoms with Crippen molar-refractivity contribution in [3.63, 3.8) is 0 Å². The van der Waals surface area contributed by atoms with Crippen LogP contribution in [-0.4, -0.2) is 40.4 Å². The maximum atomic E-state index is 13.3. The van der Waals surface area contributed by atoms with Crippen molar-refractivity contribution >= 4 is 5.91 Å². The maximum absolute atomic E-state index is 13.3. The number of hydrogen-bond donors (Lipinski definition) is 1. The Balaban J connectivity index is 1.36. The van der Waals surface area contributed by atoms with Crippen LogP contribution in [0.1, 0.15) is 76.1 Å². The fourth-order valence-corrected chi connectivity index (χ4v) is 4.91. The van der Waals surface area contributed by atoms with Gasteiger partial charge in [0.1, 0.15) is 17.3 Å². The van der Waals surface area contributed by atoms with Gasteiger partial charge in [-0.2, -0.15) is 0 Å². The van der Waals surface area contributed by atoms with Gasteiger partial charge in [0.25, 0.3) is 5.91 Å². The van der Waals surface area contributed by atoms with E-state index in [1.54, 1.807) is 0 Å². The third kappa shape index (κ3) is 3.13. The van der Waals surface area contributed by atoms with Crippen LogP contribution < -0.4 is 5.32 Å². The minimum Gasteiger partial charge on any atom is -0.465 e. The maximum Gasteiger partial charge on any atom is 0.257 e. The lowest BCUT2D eigenvalue weighted by atomic mass is 9.93.